The maximum atomic E-state index is 10.6. The Morgan fingerprint density at radius 3 is 2.56 bits per heavy atom. The number of aromatic amines is 1. The number of hydrogen-bond donors (Lipinski definition) is 1. The largest absolute Gasteiger partial charge is 0.322 e. The standard InChI is InChI=1S/C7H5NO/c9-7-4-2-5-1-3-6(5)8-7/h1-4H,(H,8,9). The zero-order valence-electron chi connectivity index (χ0n) is 4.72. The Labute approximate surface area is 51.8 Å². The molecule has 0 spiro atoms. The van der Waals surface area contributed by atoms with Crippen LogP contribution in [-0.2, 0) is 0 Å². The Hall–Kier alpha value is -1.31. The lowest BCUT2D eigenvalue weighted by atomic mass is 10.1. The Morgan fingerprint density at radius 2 is 2.11 bits per heavy atom. The van der Waals surface area contributed by atoms with Gasteiger partial charge in [-0.25, -0.2) is 0 Å². The Morgan fingerprint density at radius 1 is 1.22 bits per heavy atom. The van der Waals surface area contributed by atoms with Gasteiger partial charge in [-0.3, -0.25) is 4.79 Å². The van der Waals surface area contributed by atoms with E-state index in [9.17, 15) is 4.79 Å². The fourth-order valence-corrected chi connectivity index (χ4v) is 0.862. The van der Waals surface area contributed by atoms with E-state index in [1.54, 1.807) is 0 Å². The van der Waals surface area contributed by atoms with Crippen molar-refractivity contribution < 1.29 is 0 Å². The number of aromatic nitrogens is 1. The Kier molecular flexibility index (Phi) is 0.681. The molecule has 1 heterocycles. The van der Waals surface area contributed by atoms with Crippen molar-refractivity contribution in [3.63, 3.8) is 0 Å². The van der Waals surface area contributed by atoms with Crippen molar-refractivity contribution in [2.24, 2.45) is 0 Å². The van der Waals surface area contributed by atoms with E-state index in [4.69, 9.17) is 0 Å². The molecule has 0 fully saturated rings. The van der Waals surface area contributed by atoms with E-state index >= 15 is 0 Å². The third-order valence-corrected chi connectivity index (χ3v) is 1.41. The first-order chi connectivity index (χ1) is 4.36. The van der Waals surface area contributed by atoms with Gasteiger partial charge in [0, 0.05) is 11.8 Å². The average molecular weight is 119 g/mol. The second-order valence-electron chi connectivity index (χ2n) is 2.02. The van der Waals surface area contributed by atoms with Crippen LogP contribution in [0.25, 0.3) is 12.2 Å². The molecule has 0 saturated heterocycles. The minimum atomic E-state index is -0.0295. The number of rotatable bonds is 0. The number of nitrogens with one attached hydrogen (secondary N) is 1. The second kappa shape index (κ2) is 1.35. The number of H-pyrrole nitrogens is 1. The first-order valence-corrected chi connectivity index (χ1v) is 2.78. The maximum Gasteiger partial charge on any atom is 0.248 e. The van der Waals surface area contributed by atoms with Crippen molar-refractivity contribution in [3.8, 4) is 0 Å². The Bertz CT molecular complexity index is 322. The molecule has 2 nitrogen and oxygen atoms in total. The summed E-state index contributed by atoms with van der Waals surface area (Å²) in [5, 5.41) is 0. The van der Waals surface area contributed by atoms with Crippen molar-refractivity contribution in [1.29, 1.82) is 0 Å². The normalized spacial score (nSPS) is 12.4. The quantitative estimate of drug-likeness (QED) is 0.548. The van der Waals surface area contributed by atoms with E-state index in [2.05, 4.69) is 4.98 Å². The van der Waals surface area contributed by atoms with Crippen LogP contribution in [0.15, 0.2) is 16.9 Å². The van der Waals surface area contributed by atoms with Gasteiger partial charge in [-0.05, 0) is 17.7 Å². The molecular formula is C7H5NO. The topological polar surface area (TPSA) is 32.9 Å². The summed E-state index contributed by atoms with van der Waals surface area (Å²) in [4.78, 5) is 13.3. The van der Waals surface area contributed by atoms with Crippen LogP contribution in [0.4, 0.5) is 0 Å². The zero-order chi connectivity index (χ0) is 6.27. The van der Waals surface area contributed by atoms with Gasteiger partial charge >= 0.3 is 0 Å². The molecular weight excluding hydrogens is 114 g/mol. The molecule has 0 atom stereocenters. The molecule has 0 bridgehead atoms. The first-order valence-electron chi connectivity index (χ1n) is 2.78. The molecule has 2 rings (SSSR count). The average Bonchev–Trinajstić information content (AvgIpc) is 1.78. The lowest BCUT2D eigenvalue weighted by Crippen LogP contribution is -2.08. The van der Waals surface area contributed by atoms with Crippen LogP contribution in [0.3, 0.4) is 0 Å². The summed E-state index contributed by atoms with van der Waals surface area (Å²) in [5.41, 5.74) is 2.04. The van der Waals surface area contributed by atoms with Gasteiger partial charge in [0.05, 0.1) is 0 Å². The molecule has 0 radical (unpaired) electrons. The highest BCUT2D eigenvalue weighted by atomic mass is 16.1. The van der Waals surface area contributed by atoms with Gasteiger partial charge in [-0.2, -0.15) is 0 Å². The molecule has 1 aliphatic carbocycles. The first kappa shape index (κ1) is 4.56. The number of pyridine rings is 1. The van der Waals surface area contributed by atoms with Crippen LogP contribution in [0.5, 0.6) is 0 Å². The van der Waals surface area contributed by atoms with Crippen LogP contribution >= 0.6 is 0 Å². The van der Waals surface area contributed by atoms with Crippen LogP contribution < -0.4 is 5.56 Å². The molecule has 0 unspecified atom stereocenters. The van der Waals surface area contributed by atoms with E-state index in [0.29, 0.717) is 0 Å². The lowest BCUT2D eigenvalue weighted by molar-refractivity contribution is 1.19. The fraction of sp³-hybridized carbons (Fsp3) is 0. The summed E-state index contributed by atoms with van der Waals surface area (Å²) in [7, 11) is 0. The van der Waals surface area contributed by atoms with Crippen LogP contribution in [0, 0.1) is 0 Å². The summed E-state index contributed by atoms with van der Waals surface area (Å²) in [6, 6.07) is 3.34. The highest BCUT2D eigenvalue weighted by Crippen LogP contribution is 2.17. The minimum absolute atomic E-state index is 0.0295. The van der Waals surface area contributed by atoms with Crippen LogP contribution in [0.1, 0.15) is 11.3 Å². The molecule has 2 heteroatoms. The van der Waals surface area contributed by atoms with Gasteiger partial charge in [0.1, 0.15) is 0 Å². The van der Waals surface area contributed by atoms with E-state index < -0.39 is 0 Å². The molecule has 9 heavy (non-hydrogen) atoms. The minimum Gasteiger partial charge on any atom is -0.322 e. The highest BCUT2D eigenvalue weighted by molar-refractivity contribution is 5.83. The van der Waals surface area contributed by atoms with Gasteiger partial charge in [-0.1, -0.05) is 6.08 Å². The third-order valence-electron chi connectivity index (χ3n) is 1.41. The van der Waals surface area contributed by atoms with Gasteiger partial charge < -0.3 is 4.98 Å². The summed E-state index contributed by atoms with van der Waals surface area (Å²) < 4.78 is 0. The Balaban J connectivity index is 2.77. The number of hydrogen-bond acceptors (Lipinski definition) is 1. The zero-order valence-corrected chi connectivity index (χ0v) is 4.72. The van der Waals surface area contributed by atoms with Gasteiger partial charge in [0.25, 0.3) is 0 Å². The van der Waals surface area contributed by atoms with Crippen molar-refractivity contribution in [2.75, 3.05) is 0 Å². The molecule has 0 aliphatic heterocycles. The lowest BCUT2D eigenvalue weighted by Gasteiger charge is -2.06. The van der Waals surface area contributed by atoms with Crippen molar-refractivity contribution in [3.05, 3.63) is 33.7 Å². The molecule has 0 amide bonds. The van der Waals surface area contributed by atoms with Gasteiger partial charge in [-0.15, -0.1) is 0 Å². The number of fused-ring (bicyclic) bond motifs is 1. The fourth-order valence-electron chi connectivity index (χ4n) is 0.862. The van der Waals surface area contributed by atoms with Crippen molar-refractivity contribution in [2.45, 2.75) is 0 Å². The van der Waals surface area contributed by atoms with E-state index in [0.717, 1.165) is 11.3 Å². The van der Waals surface area contributed by atoms with Gasteiger partial charge in [0.15, 0.2) is 0 Å². The van der Waals surface area contributed by atoms with Crippen LogP contribution in [0.2, 0.25) is 0 Å². The third kappa shape index (κ3) is 0.528. The van der Waals surface area contributed by atoms with Crippen molar-refractivity contribution >= 4 is 12.2 Å². The molecule has 1 N–H and O–H groups in total. The highest BCUT2D eigenvalue weighted by Gasteiger charge is 2.03. The van der Waals surface area contributed by atoms with Crippen molar-refractivity contribution in [1.82, 2.24) is 4.98 Å². The van der Waals surface area contributed by atoms with E-state index in [1.807, 2.05) is 18.2 Å². The van der Waals surface area contributed by atoms with Crippen LogP contribution in [-0.4, -0.2) is 4.98 Å². The molecule has 44 valence electrons. The van der Waals surface area contributed by atoms with E-state index in [1.165, 1.54) is 6.07 Å². The second-order valence-corrected chi connectivity index (χ2v) is 2.02. The molecule has 1 aromatic rings. The summed E-state index contributed by atoms with van der Waals surface area (Å²) >= 11 is 0. The monoisotopic (exact) mass is 119 g/mol. The summed E-state index contributed by atoms with van der Waals surface area (Å²) in [5.74, 6) is 0. The SMILES string of the molecule is O=c1ccc2c([nH]1)C=C2. The molecule has 0 aromatic carbocycles. The predicted molar refractivity (Wildman–Crippen MR) is 36.0 cm³/mol. The molecule has 0 saturated carbocycles. The van der Waals surface area contributed by atoms with E-state index in [-0.39, 0.29) is 5.56 Å². The summed E-state index contributed by atoms with van der Waals surface area (Å²) in [6.07, 6.45) is 3.85. The molecule has 1 aliphatic rings. The smallest absolute Gasteiger partial charge is 0.248 e. The summed E-state index contributed by atoms with van der Waals surface area (Å²) in [6.45, 7) is 0. The maximum absolute atomic E-state index is 10.6. The predicted octanol–water partition coefficient (Wildman–Crippen LogP) is 0.859. The molecule has 1 aromatic heterocycles. The van der Waals surface area contributed by atoms with Gasteiger partial charge in [0.2, 0.25) is 5.56 Å².